The highest BCUT2D eigenvalue weighted by Gasteiger charge is 2.43. The van der Waals surface area contributed by atoms with Crippen molar-refractivity contribution in [3.05, 3.63) is 22.5 Å². The second kappa shape index (κ2) is 3.79. The summed E-state index contributed by atoms with van der Waals surface area (Å²) in [6.45, 7) is 8.69. The molecule has 1 fully saturated rings. The lowest BCUT2D eigenvalue weighted by Crippen LogP contribution is -2.48. The first-order valence-corrected chi connectivity index (χ1v) is 7.73. The van der Waals surface area contributed by atoms with E-state index >= 15 is 0 Å². The van der Waals surface area contributed by atoms with Crippen LogP contribution >= 0.6 is 0 Å². The summed E-state index contributed by atoms with van der Waals surface area (Å²) >= 11 is 0. The van der Waals surface area contributed by atoms with Crippen LogP contribution in [0.5, 0.6) is 0 Å². The van der Waals surface area contributed by atoms with Crippen molar-refractivity contribution in [2.45, 2.75) is 39.5 Å². The minimum atomic E-state index is 0.634. The lowest BCUT2D eigenvalue weighted by atomic mass is 9.67. The number of hydrogen-bond acceptors (Lipinski definition) is 2. The summed E-state index contributed by atoms with van der Waals surface area (Å²) in [7, 11) is 0. The van der Waals surface area contributed by atoms with E-state index in [1.165, 1.54) is 45.3 Å². The van der Waals surface area contributed by atoms with E-state index in [1.807, 2.05) is 5.57 Å². The Balaban J connectivity index is 1.82. The molecule has 0 spiro atoms. The molecule has 4 heterocycles. The fourth-order valence-corrected chi connectivity index (χ4v) is 4.88. The van der Waals surface area contributed by atoms with Crippen LogP contribution < -0.4 is 5.32 Å². The maximum absolute atomic E-state index is 3.71. The number of fused-ring (bicyclic) bond motifs is 2. The zero-order chi connectivity index (χ0) is 12.3. The quantitative estimate of drug-likeness (QED) is 0.705. The van der Waals surface area contributed by atoms with Gasteiger partial charge in [0.1, 0.15) is 0 Å². The van der Waals surface area contributed by atoms with Gasteiger partial charge in [0.2, 0.25) is 0 Å². The molecule has 1 N–H and O–H groups in total. The minimum absolute atomic E-state index is 0.634. The van der Waals surface area contributed by atoms with Gasteiger partial charge >= 0.3 is 0 Å². The van der Waals surface area contributed by atoms with E-state index in [-0.39, 0.29) is 0 Å². The van der Waals surface area contributed by atoms with Crippen LogP contribution in [0.2, 0.25) is 0 Å². The van der Waals surface area contributed by atoms with Gasteiger partial charge in [-0.2, -0.15) is 0 Å². The number of allylic oxidation sites excluding steroid dienone is 2. The van der Waals surface area contributed by atoms with Crippen molar-refractivity contribution in [3.63, 3.8) is 0 Å². The van der Waals surface area contributed by atoms with Crippen LogP contribution in [0.1, 0.15) is 39.5 Å². The van der Waals surface area contributed by atoms with Crippen LogP contribution in [0.25, 0.3) is 0 Å². The van der Waals surface area contributed by atoms with Crippen LogP contribution in [0.15, 0.2) is 22.5 Å². The second-order valence-electron chi connectivity index (χ2n) is 6.51. The molecule has 1 saturated heterocycles. The normalized spacial score (nSPS) is 35.6. The monoisotopic (exact) mass is 244 g/mol. The highest BCUT2D eigenvalue weighted by molar-refractivity contribution is 5.42. The molecule has 2 atom stereocenters. The number of nitrogens with one attached hydrogen (secondary N) is 1. The fraction of sp³-hybridized carbons (Fsp3) is 0.750. The number of hydrogen-bond donors (Lipinski definition) is 1. The van der Waals surface area contributed by atoms with Crippen molar-refractivity contribution in [2.75, 3.05) is 19.6 Å². The molecule has 0 radical (unpaired) electrons. The zero-order valence-corrected chi connectivity index (χ0v) is 11.6. The number of piperidine rings is 1. The average Bonchev–Trinajstić information content (AvgIpc) is 2.45. The van der Waals surface area contributed by atoms with E-state index in [0.717, 1.165) is 5.92 Å². The van der Waals surface area contributed by atoms with E-state index in [4.69, 9.17) is 0 Å². The predicted octanol–water partition coefficient (Wildman–Crippen LogP) is 2.89. The van der Waals surface area contributed by atoms with Crippen molar-refractivity contribution in [3.8, 4) is 0 Å². The average molecular weight is 244 g/mol. The number of nitrogens with zero attached hydrogens (tertiary/aromatic N) is 1. The lowest BCUT2D eigenvalue weighted by molar-refractivity contribution is 0.172. The highest BCUT2D eigenvalue weighted by atomic mass is 15.2. The molecule has 4 aliphatic heterocycles. The van der Waals surface area contributed by atoms with Crippen LogP contribution in [-0.4, -0.2) is 24.5 Å². The van der Waals surface area contributed by atoms with Gasteiger partial charge in [-0.15, -0.1) is 0 Å². The SMILES string of the molecule is CC1C2=C(NCCC2)C(C)C2=C1C1CCN2CC1. The van der Waals surface area contributed by atoms with Gasteiger partial charge in [-0.1, -0.05) is 13.8 Å². The van der Waals surface area contributed by atoms with Gasteiger partial charge in [0.05, 0.1) is 0 Å². The second-order valence-corrected chi connectivity index (χ2v) is 6.51. The van der Waals surface area contributed by atoms with Crippen LogP contribution in [0.3, 0.4) is 0 Å². The number of rotatable bonds is 0. The fourth-order valence-electron chi connectivity index (χ4n) is 4.88. The van der Waals surface area contributed by atoms with Gasteiger partial charge in [0, 0.05) is 42.9 Å². The third-order valence-corrected chi connectivity index (χ3v) is 5.69. The Kier molecular flexibility index (Phi) is 2.30. The van der Waals surface area contributed by atoms with Gasteiger partial charge in [-0.3, -0.25) is 0 Å². The third-order valence-electron chi connectivity index (χ3n) is 5.69. The molecular weight excluding hydrogens is 220 g/mol. The molecule has 0 aromatic rings. The molecule has 18 heavy (non-hydrogen) atoms. The summed E-state index contributed by atoms with van der Waals surface area (Å²) < 4.78 is 0. The summed E-state index contributed by atoms with van der Waals surface area (Å²) in [6, 6.07) is 0. The first-order valence-electron chi connectivity index (χ1n) is 7.73. The van der Waals surface area contributed by atoms with Crippen LogP contribution in [0, 0.1) is 17.8 Å². The smallest absolute Gasteiger partial charge is 0.0358 e. The summed E-state index contributed by atoms with van der Waals surface area (Å²) in [4.78, 5) is 2.69. The van der Waals surface area contributed by atoms with Gasteiger partial charge in [-0.05, 0) is 42.7 Å². The molecule has 2 nitrogen and oxygen atoms in total. The maximum atomic E-state index is 3.71. The van der Waals surface area contributed by atoms with Gasteiger partial charge in [-0.25, -0.2) is 0 Å². The first-order chi connectivity index (χ1) is 8.77. The van der Waals surface area contributed by atoms with Crippen molar-refractivity contribution in [1.82, 2.24) is 10.2 Å². The molecule has 0 aromatic carbocycles. The Labute approximate surface area is 110 Å². The van der Waals surface area contributed by atoms with Crippen molar-refractivity contribution < 1.29 is 0 Å². The third kappa shape index (κ3) is 1.29. The Morgan fingerprint density at radius 3 is 2.67 bits per heavy atom. The van der Waals surface area contributed by atoms with Crippen molar-refractivity contribution in [2.24, 2.45) is 17.8 Å². The summed E-state index contributed by atoms with van der Waals surface area (Å²) in [5, 5.41) is 3.71. The van der Waals surface area contributed by atoms with Gasteiger partial charge < -0.3 is 10.2 Å². The molecule has 0 amide bonds. The maximum Gasteiger partial charge on any atom is 0.0358 e. The molecule has 2 heteroatoms. The minimum Gasteiger partial charge on any atom is -0.388 e. The summed E-state index contributed by atoms with van der Waals surface area (Å²) in [6.07, 6.45) is 5.47. The molecule has 0 aromatic heterocycles. The van der Waals surface area contributed by atoms with Gasteiger partial charge in [0.25, 0.3) is 0 Å². The van der Waals surface area contributed by atoms with E-state index in [9.17, 15) is 0 Å². The standard InChI is InChI=1S/C16H24N2/c1-10-13-4-3-7-17-15(13)11(2)16-14(10)12-5-8-18(16)9-6-12/h10-12,17H,3-9H2,1-2H3. The lowest BCUT2D eigenvalue weighted by Gasteiger charge is -2.51. The molecule has 5 rings (SSSR count). The van der Waals surface area contributed by atoms with Crippen molar-refractivity contribution >= 4 is 0 Å². The van der Waals surface area contributed by atoms with E-state index in [0.29, 0.717) is 11.8 Å². The largest absolute Gasteiger partial charge is 0.388 e. The molecule has 0 saturated carbocycles. The van der Waals surface area contributed by atoms with Crippen LogP contribution in [0.4, 0.5) is 0 Å². The predicted molar refractivity (Wildman–Crippen MR) is 73.9 cm³/mol. The molecule has 1 aliphatic carbocycles. The Morgan fingerprint density at radius 2 is 1.89 bits per heavy atom. The molecule has 98 valence electrons. The Morgan fingerprint density at radius 1 is 1.11 bits per heavy atom. The van der Waals surface area contributed by atoms with E-state index in [2.05, 4.69) is 24.1 Å². The van der Waals surface area contributed by atoms with Gasteiger partial charge in [0.15, 0.2) is 0 Å². The zero-order valence-electron chi connectivity index (χ0n) is 11.6. The molecule has 5 aliphatic rings. The first kappa shape index (κ1) is 11.0. The molecular formula is C16H24N2. The Hall–Kier alpha value is -0.920. The molecule has 2 unspecified atom stereocenters. The van der Waals surface area contributed by atoms with E-state index < -0.39 is 0 Å². The van der Waals surface area contributed by atoms with Crippen LogP contribution in [-0.2, 0) is 0 Å². The topological polar surface area (TPSA) is 15.3 Å². The van der Waals surface area contributed by atoms with E-state index in [1.54, 1.807) is 17.0 Å². The highest BCUT2D eigenvalue weighted by Crippen LogP contribution is 2.50. The Bertz CT molecular complexity index is 398. The summed E-state index contributed by atoms with van der Waals surface area (Å²) in [5.41, 5.74) is 6.85. The van der Waals surface area contributed by atoms with Crippen molar-refractivity contribution in [1.29, 1.82) is 0 Å². The molecule has 2 bridgehead atoms. The summed E-state index contributed by atoms with van der Waals surface area (Å²) in [5.74, 6) is 2.25.